The van der Waals surface area contributed by atoms with Crippen LogP contribution in [0.3, 0.4) is 0 Å². The fourth-order valence-corrected chi connectivity index (χ4v) is 3.37. The van der Waals surface area contributed by atoms with Crippen molar-refractivity contribution < 1.29 is 14.3 Å². The maximum absolute atomic E-state index is 12.9. The Kier molecular flexibility index (Phi) is 6.12. The summed E-state index contributed by atoms with van der Waals surface area (Å²) in [5, 5.41) is 0. The van der Waals surface area contributed by atoms with Crippen molar-refractivity contribution in [3.05, 3.63) is 65.2 Å². The van der Waals surface area contributed by atoms with Gasteiger partial charge in [0.2, 0.25) is 5.91 Å². The minimum atomic E-state index is -0.0352. The average Bonchev–Trinajstić information content (AvgIpc) is 2.72. The standard InChI is InChI=1S/C22H26N2O3/c1-17-8-10-20(27-2)19(16-17)22(26)24-14-12-23(13-15-24)21(25)11-9-18-6-4-3-5-7-18/h3-8,10,16H,9,11-15H2,1-2H3. The van der Waals surface area contributed by atoms with E-state index < -0.39 is 0 Å². The van der Waals surface area contributed by atoms with Gasteiger partial charge in [-0.25, -0.2) is 0 Å². The molecule has 0 saturated carbocycles. The number of amides is 2. The van der Waals surface area contributed by atoms with E-state index in [9.17, 15) is 9.59 Å². The molecule has 0 spiro atoms. The van der Waals surface area contributed by atoms with Crippen LogP contribution in [0.4, 0.5) is 0 Å². The summed E-state index contributed by atoms with van der Waals surface area (Å²) >= 11 is 0. The molecule has 5 nitrogen and oxygen atoms in total. The second kappa shape index (κ2) is 8.71. The molecule has 3 rings (SSSR count). The molecule has 0 atom stereocenters. The summed E-state index contributed by atoms with van der Waals surface area (Å²) < 4.78 is 5.33. The minimum absolute atomic E-state index is 0.0352. The summed E-state index contributed by atoms with van der Waals surface area (Å²) in [6.07, 6.45) is 1.25. The van der Waals surface area contributed by atoms with Crippen molar-refractivity contribution in [1.29, 1.82) is 0 Å². The molecule has 0 bridgehead atoms. The number of nitrogens with zero attached hydrogens (tertiary/aromatic N) is 2. The molecular weight excluding hydrogens is 340 g/mol. The summed E-state index contributed by atoms with van der Waals surface area (Å²) in [5.41, 5.74) is 2.78. The monoisotopic (exact) mass is 366 g/mol. The van der Waals surface area contributed by atoms with Gasteiger partial charge in [-0.3, -0.25) is 9.59 Å². The number of benzene rings is 2. The Labute approximate surface area is 160 Å². The number of rotatable bonds is 5. The molecule has 1 aliphatic rings. The van der Waals surface area contributed by atoms with Crippen LogP contribution in [0, 0.1) is 6.92 Å². The van der Waals surface area contributed by atoms with E-state index in [0.717, 1.165) is 12.0 Å². The van der Waals surface area contributed by atoms with Crippen LogP contribution in [0.25, 0.3) is 0 Å². The number of ether oxygens (including phenoxy) is 1. The molecule has 1 aliphatic heterocycles. The van der Waals surface area contributed by atoms with Crippen LogP contribution in [0.2, 0.25) is 0 Å². The molecule has 0 aliphatic carbocycles. The van der Waals surface area contributed by atoms with Gasteiger partial charge in [0, 0.05) is 32.6 Å². The number of hydrogen-bond donors (Lipinski definition) is 0. The van der Waals surface area contributed by atoms with E-state index in [1.54, 1.807) is 12.0 Å². The van der Waals surface area contributed by atoms with Gasteiger partial charge in [-0.2, -0.15) is 0 Å². The Hall–Kier alpha value is -2.82. The highest BCUT2D eigenvalue weighted by Gasteiger charge is 2.26. The molecule has 27 heavy (non-hydrogen) atoms. The SMILES string of the molecule is COc1ccc(C)cc1C(=O)N1CCN(C(=O)CCc2ccccc2)CC1. The summed E-state index contributed by atoms with van der Waals surface area (Å²) in [4.78, 5) is 29.0. The second-order valence-corrected chi connectivity index (χ2v) is 6.86. The van der Waals surface area contributed by atoms with Crippen LogP contribution < -0.4 is 4.74 Å². The Bertz CT molecular complexity index is 796. The first-order valence-electron chi connectivity index (χ1n) is 9.34. The van der Waals surface area contributed by atoms with Crippen molar-refractivity contribution >= 4 is 11.8 Å². The first kappa shape index (κ1) is 19.0. The van der Waals surface area contributed by atoms with E-state index in [-0.39, 0.29) is 11.8 Å². The predicted octanol–water partition coefficient (Wildman–Crippen LogP) is 2.92. The molecule has 0 N–H and O–H groups in total. The highest BCUT2D eigenvalue weighted by molar-refractivity contribution is 5.97. The lowest BCUT2D eigenvalue weighted by molar-refractivity contribution is -0.132. The Morgan fingerprint density at radius 2 is 1.63 bits per heavy atom. The third-order valence-electron chi connectivity index (χ3n) is 4.98. The molecule has 1 saturated heterocycles. The molecule has 1 fully saturated rings. The van der Waals surface area contributed by atoms with Gasteiger partial charge in [0.25, 0.3) is 5.91 Å². The van der Waals surface area contributed by atoms with E-state index in [1.165, 1.54) is 5.56 Å². The molecule has 5 heteroatoms. The molecule has 0 unspecified atom stereocenters. The molecule has 2 aromatic carbocycles. The zero-order valence-electron chi connectivity index (χ0n) is 16.0. The molecule has 2 amide bonds. The van der Waals surface area contributed by atoms with Crippen LogP contribution in [-0.2, 0) is 11.2 Å². The second-order valence-electron chi connectivity index (χ2n) is 6.86. The number of piperazine rings is 1. The number of aryl methyl sites for hydroxylation is 2. The summed E-state index contributed by atoms with van der Waals surface area (Å²) in [7, 11) is 1.57. The number of methoxy groups -OCH3 is 1. The highest BCUT2D eigenvalue weighted by atomic mass is 16.5. The van der Waals surface area contributed by atoms with Gasteiger partial charge in [-0.15, -0.1) is 0 Å². The Morgan fingerprint density at radius 1 is 0.963 bits per heavy atom. The van der Waals surface area contributed by atoms with Crippen LogP contribution in [-0.4, -0.2) is 54.9 Å². The molecule has 142 valence electrons. The third kappa shape index (κ3) is 4.67. The smallest absolute Gasteiger partial charge is 0.257 e. The van der Waals surface area contributed by atoms with Crippen molar-refractivity contribution in [2.75, 3.05) is 33.3 Å². The van der Waals surface area contributed by atoms with E-state index in [2.05, 4.69) is 0 Å². The van der Waals surface area contributed by atoms with Crippen LogP contribution >= 0.6 is 0 Å². The van der Waals surface area contributed by atoms with Gasteiger partial charge in [-0.1, -0.05) is 42.0 Å². The molecule has 2 aromatic rings. The predicted molar refractivity (Wildman–Crippen MR) is 105 cm³/mol. The van der Waals surface area contributed by atoms with E-state index in [1.807, 2.05) is 60.4 Å². The molecule has 0 aromatic heterocycles. The fourth-order valence-electron chi connectivity index (χ4n) is 3.37. The molecular formula is C22H26N2O3. The van der Waals surface area contributed by atoms with Gasteiger partial charge in [0.1, 0.15) is 5.75 Å². The minimum Gasteiger partial charge on any atom is -0.496 e. The Balaban J connectivity index is 1.54. The van der Waals surface area contributed by atoms with Crippen molar-refractivity contribution in [2.24, 2.45) is 0 Å². The number of hydrogen-bond acceptors (Lipinski definition) is 3. The maximum atomic E-state index is 12.9. The quantitative estimate of drug-likeness (QED) is 0.818. The van der Waals surface area contributed by atoms with E-state index in [0.29, 0.717) is 43.9 Å². The van der Waals surface area contributed by atoms with Gasteiger partial charge < -0.3 is 14.5 Å². The van der Waals surface area contributed by atoms with Gasteiger partial charge >= 0.3 is 0 Å². The lowest BCUT2D eigenvalue weighted by atomic mass is 10.1. The number of carbonyl (C=O) groups is 2. The summed E-state index contributed by atoms with van der Waals surface area (Å²) in [6, 6.07) is 15.7. The van der Waals surface area contributed by atoms with Gasteiger partial charge in [-0.05, 0) is 31.0 Å². The highest BCUT2D eigenvalue weighted by Crippen LogP contribution is 2.22. The lowest BCUT2D eigenvalue weighted by Crippen LogP contribution is -2.50. The van der Waals surface area contributed by atoms with Crippen LogP contribution in [0.15, 0.2) is 48.5 Å². The normalized spacial score (nSPS) is 14.1. The van der Waals surface area contributed by atoms with Crippen LogP contribution in [0.1, 0.15) is 27.9 Å². The van der Waals surface area contributed by atoms with E-state index >= 15 is 0 Å². The molecule has 1 heterocycles. The van der Waals surface area contributed by atoms with Crippen LogP contribution in [0.5, 0.6) is 5.75 Å². The summed E-state index contributed by atoms with van der Waals surface area (Å²) in [6.45, 7) is 4.21. The first-order chi connectivity index (χ1) is 13.1. The van der Waals surface area contributed by atoms with Crippen molar-refractivity contribution in [1.82, 2.24) is 9.80 Å². The van der Waals surface area contributed by atoms with Gasteiger partial charge in [0.05, 0.1) is 12.7 Å². The zero-order chi connectivity index (χ0) is 19.2. The van der Waals surface area contributed by atoms with Crippen molar-refractivity contribution in [2.45, 2.75) is 19.8 Å². The number of carbonyl (C=O) groups excluding carboxylic acids is 2. The summed E-state index contributed by atoms with van der Waals surface area (Å²) in [5.74, 6) is 0.706. The van der Waals surface area contributed by atoms with Gasteiger partial charge in [0.15, 0.2) is 0 Å². The fraction of sp³-hybridized carbons (Fsp3) is 0.364. The van der Waals surface area contributed by atoms with Crippen molar-refractivity contribution in [3.63, 3.8) is 0 Å². The Morgan fingerprint density at radius 3 is 2.30 bits per heavy atom. The lowest BCUT2D eigenvalue weighted by Gasteiger charge is -2.35. The van der Waals surface area contributed by atoms with E-state index in [4.69, 9.17) is 4.74 Å². The molecule has 0 radical (unpaired) electrons. The zero-order valence-corrected chi connectivity index (χ0v) is 16.0. The largest absolute Gasteiger partial charge is 0.496 e. The maximum Gasteiger partial charge on any atom is 0.257 e. The third-order valence-corrected chi connectivity index (χ3v) is 4.98. The first-order valence-corrected chi connectivity index (χ1v) is 9.34. The van der Waals surface area contributed by atoms with Crippen molar-refractivity contribution in [3.8, 4) is 5.75 Å². The average molecular weight is 366 g/mol. The topological polar surface area (TPSA) is 49.9 Å².